The second-order valence-electron chi connectivity index (χ2n) is 8.91. The van der Waals surface area contributed by atoms with Gasteiger partial charge in [0, 0.05) is 12.7 Å². The van der Waals surface area contributed by atoms with E-state index in [1.54, 1.807) is 7.11 Å². The van der Waals surface area contributed by atoms with E-state index in [0.29, 0.717) is 12.6 Å². The number of rotatable bonds is 3. The van der Waals surface area contributed by atoms with E-state index < -0.39 is 0 Å². The van der Waals surface area contributed by atoms with Gasteiger partial charge in [0.25, 0.3) is 0 Å². The van der Waals surface area contributed by atoms with Gasteiger partial charge in [0.05, 0.1) is 30.9 Å². The Balaban J connectivity index is 1.66. The molecule has 1 aromatic heterocycles. The Morgan fingerprint density at radius 2 is 2.10 bits per heavy atom. The molecule has 0 N–H and O–H groups in total. The first-order valence-electron chi connectivity index (χ1n) is 10.2. The summed E-state index contributed by atoms with van der Waals surface area (Å²) < 4.78 is 7.65. The predicted molar refractivity (Wildman–Crippen MR) is 115 cm³/mol. The first-order valence-corrected chi connectivity index (χ1v) is 10.2. The van der Waals surface area contributed by atoms with E-state index in [0.717, 1.165) is 47.9 Å². The van der Waals surface area contributed by atoms with Crippen molar-refractivity contribution < 1.29 is 9.57 Å². The number of aromatic nitrogens is 2. The summed E-state index contributed by atoms with van der Waals surface area (Å²) in [5.41, 5.74) is 4.41. The lowest BCUT2D eigenvalue weighted by Gasteiger charge is -2.45. The fraction of sp³-hybridized carbons (Fsp3) is 0.478. The standard InChI is InChI=1S/C23H30N4O2/c1-16-13-26(15-24-16)19-9-8-17(12-20(19)28-5)11-18-7-6-10-27-21(23(2,3)4)14-29-25-22(18)27/h8-9,11-13,15,21H,6-7,10,14H2,1-5H3/b18-11+/t21-/m1/s1. The first-order chi connectivity index (χ1) is 13.9. The molecule has 4 rings (SSSR count). The lowest BCUT2D eigenvalue weighted by Crippen LogP contribution is -2.54. The maximum atomic E-state index is 5.66. The summed E-state index contributed by atoms with van der Waals surface area (Å²) in [6.07, 6.45) is 8.15. The third kappa shape index (κ3) is 3.88. The number of imidazole rings is 1. The summed E-state index contributed by atoms with van der Waals surface area (Å²) in [6, 6.07) is 6.59. The van der Waals surface area contributed by atoms with Crippen molar-refractivity contribution in [1.29, 1.82) is 0 Å². The van der Waals surface area contributed by atoms with Crippen LogP contribution in [0.15, 0.2) is 41.5 Å². The molecule has 6 nitrogen and oxygen atoms in total. The van der Waals surface area contributed by atoms with Crippen LogP contribution in [0.2, 0.25) is 0 Å². The van der Waals surface area contributed by atoms with Gasteiger partial charge in [-0.05, 0) is 54.5 Å². The smallest absolute Gasteiger partial charge is 0.171 e. The molecule has 1 atom stereocenters. The van der Waals surface area contributed by atoms with Gasteiger partial charge in [-0.3, -0.25) is 0 Å². The molecule has 154 valence electrons. The van der Waals surface area contributed by atoms with Crippen LogP contribution in [0, 0.1) is 12.3 Å². The Morgan fingerprint density at radius 3 is 2.79 bits per heavy atom. The highest BCUT2D eigenvalue weighted by Gasteiger charge is 2.38. The van der Waals surface area contributed by atoms with Gasteiger partial charge in [0.2, 0.25) is 0 Å². The number of oxime groups is 1. The fourth-order valence-corrected chi connectivity index (χ4v) is 4.12. The highest BCUT2D eigenvalue weighted by molar-refractivity contribution is 6.03. The van der Waals surface area contributed by atoms with Crippen LogP contribution < -0.4 is 4.74 Å². The highest BCUT2D eigenvalue weighted by Crippen LogP contribution is 2.34. The normalized spacial score (nSPS) is 20.9. The number of piperidine rings is 1. The molecule has 6 heteroatoms. The van der Waals surface area contributed by atoms with Crippen LogP contribution in [0.4, 0.5) is 0 Å². The lowest BCUT2D eigenvalue weighted by atomic mass is 9.84. The fourth-order valence-electron chi connectivity index (χ4n) is 4.12. The molecule has 2 aliphatic heterocycles. The van der Waals surface area contributed by atoms with E-state index in [-0.39, 0.29) is 5.41 Å². The van der Waals surface area contributed by atoms with E-state index in [4.69, 9.17) is 9.57 Å². The Kier molecular flexibility index (Phi) is 5.11. The molecule has 0 bridgehead atoms. The van der Waals surface area contributed by atoms with Crippen molar-refractivity contribution in [3.63, 3.8) is 0 Å². The molecule has 0 radical (unpaired) electrons. The minimum absolute atomic E-state index is 0.136. The number of ether oxygens (including phenoxy) is 1. The third-order valence-corrected chi connectivity index (χ3v) is 5.70. The molecule has 0 amide bonds. The summed E-state index contributed by atoms with van der Waals surface area (Å²) in [6.45, 7) is 10.5. The van der Waals surface area contributed by atoms with Crippen LogP contribution in [-0.2, 0) is 4.84 Å². The van der Waals surface area contributed by atoms with Crippen LogP contribution in [0.1, 0.15) is 44.9 Å². The maximum Gasteiger partial charge on any atom is 0.171 e. The van der Waals surface area contributed by atoms with Gasteiger partial charge in [0.15, 0.2) is 5.84 Å². The number of fused-ring (bicyclic) bond motifs is 1. The Morgan fingerprint density at radius 1 is 1.28 bits per heavy atom. The molecular weight excluding hydrogens is 364 g/mol. The van der Waals surface area contributed by atoms with Gasteiger partial charge in [-0.25, -0.2) is 4.98 Å². The number of methoxy groups -OCH3 is 1. The van der Waals surface area contributed by atoms with Crippen molar-refractivity contribution in [3.05, 3.63) is 47.6 Å². The zero-order valence-electron chi connectivity index (χ0n) is 18.0. The largest absolute Gasteiger partial charge is 0.495 e. The topological polar surface area (TPSA) is 51.9 Å². The molecule has 0 spiro atoms. The summed E-state index contributed by atoms with van der Waals surface area (Å²) in [5.74, 6) is 1.80. The minimum atomic E-state index is 0.136. The molecule has 2 aliphatic rings. The average Bonchev–Trinajstić information content (AvgIpc) is 3.13. The van der Waals surface area contributed by atoms with Crippen LogP contribution in [0.5, 0.6) is 5.75 Å². The van der Waals surface area contributed by atoms with E-state index in [9.17, 15) is 0 Å². The van der Waals surface area contributed by atoms with E-state index >= 15 is 0 Å². The van der Waals surface area contributed by atoms with Crippen LogP contribution >= 0.6 is 0 Å². The second kappa shape index (κ2) is 7.58. The summed E-state index contributed by atoms with van der Waals surface area (Å²) >= 11 is 0. The van der Waals surface area contributed by atoms with E-state index in [1.165, 1.54) is 5.57 Å². The van der Waals surface area contributed by atoms with Gasteiger partial charge in [-0.1, -0.05) is 32.0 Å². The van der Waals surface area contributed by atoms with Crippen LogP contribution in [0.25, 0.3) is 11.8 Å². The number of benzene rings is 1. The van der Waals surface area contributed by atoms with Crippen molar-refractivity contribution in [1.82, 2.24) is 14.5 Å². The Hall–Kier alpha value is -2.76. The van der Waals surface area contributed by atoms with Crippen molar-refractivity contribution in [2.75, 3.05) is 20.3 Å². The second-order valence-corrected chi connectivity index (χ2v) is 8.91. The number of nitrogens with zero attached hydrogens (tertiary/aromatic N) is 4. The maximum absolute atomic E-state index is 5.66. The van der Waals surface area contributed by atoms with Crippen molar-refractivity contribution >= 4 is 11.9 Å². The zero-order valence-corrected chi connectivity index (χ0v) is 18.0. The highest BCUT2D eigenvalue weighted by atomic mass is 16.6. The number of hydrogen-bond donors (Lipinski definition) is 0. The van der Waals surface area contributed by atoms with Gasteiger partial charge in [-0.15, -0.1) is 0 Å². The number of hydrogen-bond acceptors (Lipinski definition) is 5. The zero-order chi connectivity index (χ0) is 20.6. The summed E-state index contributed by atoms with van der Waals surface area (Å²) in [4.78, 5) is 12.4. The van der Waals surface area contributed by atoms with Gasteiger partial charge >= 0.3 is 0 Å². The van der Waals surface area contributed by atoms with Crippen molar-refractivity contribution in [2.24, 2.45) is 10.6 Å². The first kappa shape index (κ1) is 19.6. The molecule has 3 heterocycles. The predicted octanol–water partition coefficient (Wildman–Crippen LogP) is 4.43. The van der Waals surface area contributed by atoms with Crippen LogP contribution in [-0.4, -0.2) is 46.6 Å². The van der Waals surface area contributed by atoms with Gasteiger partial charge < -0.3 is 19.0 Å². The summed E-state index contributed by atoms with van der Waals surface area (Å²) in [7, 11) is 1.70. The van der Waals surface area contributed by atoms with Gasteiger partial charge in [0.1, 0.15) is 12.4 Å². The van der Waals surface area contributed by atoms with Crippen molar-refractivity contribution in [3.8, 4) is 11.4 Å². The van der Waals surface area contributed by atoms with E-state index in [2.05, 4.69) is 60.1 Å². The Labute approximate surface area is 172 Å². The van der Waals surface area contributed by atoms with Crippen LogP contribution in [0.3, 0.4) is 0 Å². The quantitative estimate of drug-likeness (QED) is 0.773. The van der Waals surface area contributed by atoms with Gasteiger partial charge in [-0.2, -0.15) is 0 Å². The molecule has 1 aromatic carbocycles. The SMILES string of the molecule is COc1cc(/C=C2\CCCN3C2=NOC[C@@H]3C(C)(C)C)ccc1-n1cnc(C)c1. The molecule has 1 saturated heterocycles. The average molecular weight is 395 g/mol. The molecule has 0 saturated carbocycles. The van der Waals surface area contributed by atoms with Crippen molar-refractivity contribution in [2.45, 2.75) is 46.6 Å². The monoisotopic (exact) mass is 394 g/mol. The molecular formula is C23H30N4O2. The lowest BCUT2D eigenvalue weighted by molar-refractivity contribution is 0.0123. The summed E-state index contributed by atoms with van der Waals surface area (Å²) in [5, 5.41) is 4.43. The Bertz CT molecular complexity index is 952. The molecule has 2 aromatic rings. The number of aryl methyl sites for hydroxylation is 1. The molecule has 0 unspecified atom stereocenters. The number of amidine groups is 1. The molecule has 29 heavy (non-hydrogen) atoms. The third-order valence-electron chi connectivity index (χ3n) is 5.70. The minimum Gasteiger partial charge on any atom is -0.495 e. The molecule has 1 fully saturated rings. The molecule has 0 aliphatic carbocycles. The van der Waals surface area contributed by atoms with E-state index in [1.807, 2.05) is 24.0 Å².